The Balaban J connectivity index is 0.00000192. The Hall–Kier alpha value is -1.14. The number of piperidine rings is 1. The molecule has 0 bridgehead atoms. The van der Waals surface area contributed by atoms with Crippen LogP contribution in [0.4, 0.5) is 0 Å². The molecule has 2 aliphatic rings. The Morgan fingerprint density at radius 1 is 1.35 bits per heavy atom. The number of rotatable bonds is 4. The molecular weight excluding hydrogens is 314 g/mol. The molecular formula is C16H28ClN5O. The number of amides is 1. The van der Waals surface area contributed by atoms with Crippen molar-refractivity contribution < 1.29 is 4.79 Å². The number of halogens is 1. The molecule has 0 aromatic carbocycles. The van der Waals surface area contributed by atoms with E-state index < -0.39 is 0 Å². The van der Waals surface area contributed by atoms with Crippen molar-refractivity contribution >= 4 is 18.3 Å². The van der Waals surface area contributed by atoms with Gasteiger partial charge in [-0.1, -0.05) is 25.0 Å². The lowest BCUT2D eigenvalue weighted by molar-refractivity contribution is 0.0928. The fourth-order valence-electron chi connectivity index (χ4n) is 3.73. The molecule has 2 fully saturated rings. The molecule has 1 aromatic rings. The van der Waals surface area contributed by atoms with Gasteiger partial charge < -0.3 is 10.6 Å². The third-order valence-corrected chi connectivity index (χ3v) is 5.28. The van der Waals surface area contributed by atoms with Crippen molar-refractivity contribution in [1.82, 2.24) is 25.6 Å². The van der Waals surface area contributed by atoms with Crippen LogP contribution in [0.25, 0.3) is 0 Å². The summed E-state index contributed by atoms with van der Waals surface area (Å²) in [6, 6.07) is 0.364. The molecule has 1 amide bonds. The van der Waals surface area contributed by atoms with E-state index in [2.05, 4.69) is 27.9 Å². The van der Waals surface area contributed by atoms with Crippen LogP contribution in [-0.4, -0.2) is 40.5 Å². The number of hydrogen-bond donors (Lipinski definition) is 2. The molecule has 2 heterocycles. The van der Waals surface area contributed by atoms with Crippen LogP contribution in [0.1, 0.15) is 67.7 Å². The summed E-state index contributed by atoms with van der Waals surface area (Å²) in [5.41, 5.74) is 1.63. The minimum atomic E-state index is -0.0780. The SMILES string of the molecule is Cc1c(C(=O)NCC2(C)CCCC2)nnn1C1CCNCC1.Cl. The van der Waals surface area contributed by atoms with Gasteiger partial charge in [0.05, 0.1) is 11.7 Å². The molecule has 23 heavy (non-hydrogen) atoms. The molecule has 130 valence electrons. The molecule has 2 N–H and O–H groups in total. The first-order chi connectivity index (χ1) is 10.6. The van der Waals surface area contributed by atoms with Crippen molar-refractivity contribution in [3.63, 3.8) is 0 Å². The smallest absolute Gasteiger partial charge is 0.273 e. The zero-order valence-corrected chi connectivity index (χ0v) is 14.9. The van der Waals surface area contributed by atoms with Crippen LogP contribution in [-0.2, 0) is 0 Å². The van der Waals surface area contributed by atoms with Crippen LogP contribution in [0.15, 0.2) is 0 Å². The van der Waals surface area contributed by atoms with E-state index in [1.54, 1.807) is 0 Å². The molecule has 1 saturated carbocycles. The minimum absolute atomic E-state index is 0. The number of carbonyl (C=O) groups excluding carboxylic acids is 1. The topological polar surface area (TPSA) is 71.8 Å². The Kier molecular flexibility index (Phi) is 6.03. The predicted octanol–water partition coefficient (Wildman–Crippen LogP) is 2.24. The van der Waals surface area contributed by atoms with Crippen LogP contribution in [0, 0.1) is 12.3 Å². The fraction of sp³-hybridized carbons (Fsp3) is 0.812. The van der Waals surface area contributed by atoms with Gasteiger partial charge in [-0.25, -0.2) is 4.68 Å². The highest BCUT2D eigenvalue weighted by atomic mass is 35.5. The lowest BCUT2D eigenvalue weighted by Gasteiger charge is -2.24. The van der Waals surface area contributed by atoms with Gasteiger partial charge in [0.1, 0.15) is 0 Å². The highest BCUT2D eigenvalue weighted by Gasteiger charge is 2.30. The number of nitrogens with zero attached hydrogens (tertiary/aromatic N) is 3. The normalized spacial score (nSPS) is 21.0. The van der Waals surface area contributed by atoms with E-state index in [0.29, 0.717) is 11.7 Å². The molecule has 3 rings (SSSR count). The zero-order chi connectivity index (χ0) is 15.6. The molecule has 6 nitrogen and oxygen atoms in total. The molecule has 1 aromatic heterocycles. The Labute approximate surface area is 144 Å². The van der Waals surface area contributed by atoms with Crippen molar-refractivity contribution in [2.75, 3.05) is 19.6 Å². The first-order valence-electron chi connectivity index (χ1n) is 8.50. The average Bonchev–Trinajstić information content (AvgIpc) is 3.13. The van der Waals surface area contributed by atoms with Gasteiger partial charge in [0.15, 0.2) is 5.69 Å². The zero-order valence-electron chi connectivity index (χ0n) is 14.1. The quantitative estimate of drug-likeness (QED) is 0.881. The van der Waals surface area contributed by atoms with E-state index in [1.165, 1.54) is 25.7 Å². The van der Waals surface area contributed by atoms with Crippen LogP contribution >= 0.6 is 12.4 Å². The Bertz CT molecular complexity index is 533. The fourth-order valence-corrected chi connectivity index (χ4v) is 3.73. The summed E-state index contributed by atoms with van der Waals surface area (Å²) in [5, 5.41) is 14.8. The second kappa shape index (κ2) is 7.62. The first-order valence-corrected chi connectivity index (χ1v) is 8.50. The van der Waals surface area contributed by atoms with E-state index in [4.69, 9.17) is 0 Å². The minimum Gasteiger partial charge on any atom is -0.350 e. The first kappa shape index (κ1) is 18.2. The number of hydrogen-bond acceptors (Lipinski definition) is 4. The summed E-state index contributed by atoms with van der Waals surface area (Å²) in [7, 11) is 0. The van der Waals surface area contributed by atoms with Gasteiger partial charge in [-0.3, -0.25) is 4.79 Å². The summed E-state index contributed by atoms with van der Waals surface area (Å²) < 4.78 is 1.94. The van der Waals surface area contributed by atoms with Crippen LogP contribution < -0.4 is 10.6 Å². The molecule has 0 atom stereocenters. The van der Waals surface area contributed by atoms with Gasteiger partial charge in [-0.15, -0.1) is 17.5 Å². The van der Waals surface area contributed by atoms with Crippen molar-refractivity contribution in [2.24, 2.45) is 5.41 Å². The van der Waals surface area contributed by atoms with Crippen LogP contribution in [0.3, 0.4) is 0 Å². The predicted molar refractivity (Wildman–Crippen MR) is 92.1 cm³/mol. The molecule has 7 heteroatoms. The molecule has 0 radical (unpaired) electrons. The maximum absolute atomic E-state index is 12.4. The third kappa shape index (κ3) is 4.04. The number of nitrogens with one attached hydrogen (secondary N) is 2. The Morgan fingerprint density at radius 3 is 2.65 bits per heavy atom. The van der Waals surface area contributed by atoms with Crippen molar-refractivity contribution in [3.05, 3.63) is 11.4 Å². The van der Waals surface area contributed by atoms with Gasteiger partial charge in [-0.05, 0) is 51.1 Å². The number of carbonyl (C=O) groups is 1. The third-order valence-electron chi connectivity index (χ3n) is 5.28. The lowest BCUT2D eigenvalue weighted by atomic mass is 9.89. The second-order valence-electron chi connectivity index (χ2n) is 7.15. The number of aromatic nitrogens is 3. The maximum Gasteiger partial charge on any atom is 0.273 e. The summed E-state index contributed by atoms with van der Waals surface area (Å²) in [4.78, 5) is 12.4. The van der Waals surface area contributed by atoms with Gasteiger partial charge >= 0.3 is 0 Å². The second-order valence-corrected chi connectivity index (χ2v) is 7.15. The van der Waals surface area contributed by atoms with Gasteiger partial charge in [-0.2, -0.15) is 0 Å². The molecule has 1 aliphatic carbocycles. The molecule has 1 saturated heterocycles. The highest BCUT2D eigenvalue weighted by Crippen LogP contribution is 2.36. The van der Waals surface area contributed by atoms with Crippen LogP contribution in [0.5, 0.6) is 0 Å². The van der Waals surface area contributed by atoms with Crippen LogP contribution in [0.2, 0.25) is 0 Å². The van der Waals surface area contributed by atoms with Gasteiger partial charge in [0.2, 0.25) is 0 Å². The summed E-state index contributed by atoms with van der Waals surface area (Å²) in [6.07, 6.45) is 7.04. The van der Waals surface area contributed by atoms with E-state index in [9.17, 15) is 4.79 Å². The van der Waals surface area contributed by atoms with E-state index in [1.807, 2.05) is 11.6 Å². The maximum atomic E-state index is 12.4. The standard InChI is InChI=1S/C16H27N5O.ClH/c1-12-14(15(22)18-11-16(2)7-3-4-8-16)19-20-21(12)13-5-9-17-10-6-13;/h13,17H,3-11H2,1-2H3,(H,18,22);1H. The monoisotopic (exact) mass is 341 g/mol. The molecule has 0 spiro atoms. The molecule has 0 unspecified atom stereocenters. The summed E-state index contributed by atoms with van der Waals surface area (Å²) >= 11 is 0. The van der Waals surface area contributed by atoms with Crippen molar-refractivity contribution in [2.45, 2.75) is 58.4 Å². The van der Waals surface area contributed by atoms with E-state index in [0.717, 1.165) is 38.2 Å². The van der Waals surface area contributed by atoms with Gasteiger partial charge in [0, 0.05) is 6.54 Å². The highest BCUT2D eigenvalue weighted by molar-refractivity contribution is 5.93. The van der Waals surface area contributed by atoms with Gasteiger partial charge in [0.25, 0.3) is 5.91 Å². The van der Waals surface area contributed by atoms with E-state index >= 15 is 0 Å². The average molecular weight is 342 g/mol. The lowest BCUT2D eigenvalue weighted by Crippen LogP contribution is -2.34. The summed E-state index contributed by atoms with van der Waals surface area (Å²) in [5.74, 6) is -0.0780. The largest absolute Gasteiger partial charge is 0.350 e. The van der Waals surface area contributed by atoms with Crippen molar-refractivity contribution in [3.8, 4) is 0 Å². The summed E-state index contributed by atoms with van der Waals surface area (Å²) in [6.45, 7) is 6.96. The Morgan fingerprint density at radius 2 is 2.00 bits per heavy atom. The molecule has 1 aliphatic heterocycles. The van der Waals surface area contributed by atoms with E-state index in [-0.39, 0.29) is 23.7 Å². The van der Waals surface area contributed by atoms with Crippen molar-refractivity contribution in [1.29, 1.82) is 0 Å².